The molecule has 3 nitrogen and oxygen atoms in total. The van der Waals surface area contributed by atoms with Gasteiger partial charge in [0.1, 0.15) is 5.82 Å². The first-order chi connectivity index (χ1) is 4.83. The summed E-state index contributed by atoms with van der Waals surface area (Å²) < 4.78 is 0. The summed E-state index contributed by atoms with van der Waals surface area (Å²) in [5.41, 5.74) is 0. The van der Waals surface area contributed by atoms with Crippen LogP contribution in [0.2, 0.25) is 0 Å². The molecule has 54 valence electrons. The zero-order valence-electron chi connectivity index (χ0n) is 5.85. The lowest BCUT2D eigenvalue weighted by atomic mass is 10.4. The highest BCUT2D eigenvalue weighted by Crippen LogP contribution is 2.00. The van der Waals surface area contributed by atoms with Crippen molar-refractivity contribution in [3.63, 3.8) is 0 Å². The smallest absolute Gasteiger partial charge is 0.225 e. The molecule has 0 aromatic carbocycles. The highest BCUT2D eigenvalue weighted by atomic mass is 16.1. The van der Waals surface area contributed by atoms with Crippen LogP contribution in [0.5, 0.6) is 0 Å². The van der Waals surface area contributed by atoms with Gasteiger partial charge in [-0.1, -0.05) is 6.92 Å². The van der Waals surface area contributed by atoms with Crippen LogP contribution in [0.1, 0.15) is 13.3 Å². The SMILES string of the molecule is CCC(=O)Nc1ccc[nH]1. The lowest BCUT2D eigenvalue weighted by Crippen LogP contribution is -2.09. The predicted molar refractivity (Wildman–Crippen MR) is 39.7 cm³/mol. The fourth-order valence-electron chi connectivity index (χ4n) is 0.647. The molecule has 0 unspecified atom stereocenters. The molecule has 0 bridgehead atoms. The van der Waals surface area contributed by atoms with Crippen molar-refractivity contribution in [2.45, 2.75) is 13.3 Å². The first-order valence-corrected chi connectivity index (χ1v) is 3.26. The summed E-state index contributed by atoms with van der Waals surface area (Å²) in [6.45, 7) is 1.82. The largest absolute Gasteiger partial charge is 0.348 e. The maximum atomic E-state index is 10.7. The second kappa shape index (κ2) is 3.06. The van der Waals surface area contributed by atoms with Crippen LogP contribution in [0.15, 0.2) is 18.3 Å². The maximum absolute atomic E-state index is 10.7. The fraction of sp³-hybridized carbons (Fsp3) is 0.286. The van der Waals surface area contributed by atoms with Crippen LogP contribution in [-0.2, 0) is 4.79 Å². The molecule has 10 heavy (non-hydrogen) atoms. The van der Waals surface area contributed by atoms with Gasteiger partial charge in [-0.05, 0) is 12.1 Å². The van der Waals surface area contributed by atoms with E-state index in [9.17, 15) is 4.79 Å². The van der Waals surface area contributed by atoms with Crippen LogP contribution < -0.4 is 5.32 Å². The number of rotatable bonds is 2. The fourth-order valence-corrected chi connectivity index (χ4v) is 0.647. The second-order valence-corrected chi connectivity index (χ2v) is 1.99. The summed E-state index contributed by atoms with van der Waals surface area (Å²) in [6.07, 6.45) is 2.28. The first-order valence-electron chi connectivity index (χ1n) is 3.26. The Morgan fingerprint density at radius 2 is 2.60 bits per heavy atom. The summed E-state index contributed by atoms with van der Waals surface area (Å²) in [5, 5.41) is 2.68. The number of carbonyl (C=O) groups excluding carboxylic acids is 1. The standard InChI is InChI=1S/C7H10N2O/c1-2-7(10)9-6-4-3-5-8-6/h3-5,8H,2H2,1H3,(H,9,10). The molecule has 0 aliphatic heterocycles. The molecule has 0 fully saturated rings. The molecular weight excluding hydrogens is 128 g/mol. The summed E-state index contributed by atoms with van der Waals surface area (Å²) >= 11 is 0. The van der Waals surface area contributed by atoms with Gasteiger partial charge in [-0.2, -0.15) is 0 Å². The molecule has 1 heterocycles. The number of aromatic nitrogens is 1. The average Bonchev–Trinajstić information content (AvgIpc) is 2.40. The van der Waals surface area contributed by atoms with Gasteiger partial charge < -0.3 is 10.3 Å². The summed E-state index contributed by atoms with van der Waals surface area (Å²) in [4.78, 5) is 13.6. The second-order valence-electron chi connectivity index (χ2n) is 1.99. The van der Waals surface area contributed by atoms with Crippen molar-refractivity contribution in [1.82, 2.24) is 4.98 Å². The van der Waals surface area contributed by atoms with Gasteiger partial charge in [0.05, 0.1) is 0 Å². The Kier molecular flexibility index (Phi) is 2.10. The average molecular weight is 138 g/mol. The number of anilines is 1. The van der Waals surface area contributed by atoms with Crippen LogP contribution in [0.25, 0.3) is 0 Å². The number of amides is 1. The molecule has 0 aliphatic rings. The zero-order valence-corrected chi connectivity index (χ0v) is 5.85. The van der Waals surface area contributed by atoms with E-state index in [1.165, 1.54) is 0 Å². The Morgan fingerprint density at radius 3 is 3.10 bits per heavy atom. The highest BCUT2D eigenvalue weighted by molar-refractivity contribution is 5.89. The minimum Gasteiger partial charge on any atom is -0.348 e. The van der Waals surface area contributed by atoms with E-state index >= 15 is 0 Å². The molecule has 1 aromatic rings. The number of carbonyl (C=O) groups is 1. The molecule has 0 saturated heterocycles. The zero-order chi connectivity index (χ0) is 7.40. The van der Waals surface area contributed by atoms with Crippen molar-refractivity contribution in [3.8, 4) is 0 Å². The molecule has 1 amide bonds. The van der Waals surface area contributed by atoms with Crippen LogP contribution in [0, 0.1) is 0 Å². The monoisotopic (exact) mass is 138 g/mol. The normalized spacial score (nSPS) is 9.30. The minimum atomic E-state index is 0.0300. The lowest BCUT2D eigenvalue weighted by Gasteiger charge is -1.97. The third-order valence-electron chi connectivity index (χ3n) is 1.19. The van der Waals surface area contributed by atoms with Gasteiger partial charge in [0.25, 0.3) is 0 Å². The Morgan fingerprint density at radius 1 is 1.80 bits per heavy atom. The lowest BCUT2D eigenvalue weighted by molar-refractivity contribution is -0.115. The third-order valence-corrected chi connectivity index (χ3v) is 1.19. The van der Waals surface area contributed by atoms with Crippen molar-refractivity contribution >= 4 is 11.7 Å². The van der Waals surface area contributed by atoms with Gasteiger partial charge in [-0.15, -0.1) is 0 Å². The van der Waals surface area contributed by atoms with Crippen LogP contribution >= 0.6 is 0 Å². The van der Waals surface area contributed by atoms with E-state index in [1.54, 1.807) is 6.20 Å². The Bertz CT molecular complexity index is 203. The quantitative estimate of drug-likeness (QED) is 0.636. The third kappa shape index (κ3) is 1.62. The number of hydrogen-bond acceptors (Lipinski definition) is 1. The Hall–Kier alpha value is -1.25. The predicted octanol–water partition coefficient (Wildman–Crippen LogP) is 1.36. The Labute approximate surface area is 59.4 Å². The van der Waals surface area contributed by atoms with Gasteiger partial charge in [-0.3, -0.25) is 4.79 Å². The van der Waals surface area contributed by atoms with Crippen molar-refractivity contribution < 1.29 is 4.79 Å². The highest BCUT2D eigenvalue weighted by Gasteiger charge is 1.96. The van der Waals surface area contributed by atoms with E-state index in [0.717, 1.165) is 5.82 Å². The maximum Gasteiger partial charge on any atom is 0.225 e. The summed E-state index contributed by atoms with van der Waals surface area (Å²) in [5.74, 6) is 0.786. The van der Waals surface area contributed by atoms with Crippen molar-refractivity contribution in [2.75, 3.05) is 5.32 Å². The number of nitrogens with one attached hydrogen (secondary N) is 2. The first kappa shape index (κ1) is 6.86. The van der Waals surface area contributed by atoms with E-state index in [4.69, 9.17) is 0 Å². The molecule has 0 atom stereocenters. The van der Waals surface area contributed by atoms with E-state index in [-0.39, 0.29) is 5.91 Å². The van der Waals surface area contributed by atoms with Crippen molar-refractivity contribution in [1.29, 1.82) is 0 Å². The molecule has 0 saturated carbocycles. The molecule has 1 aromatic heterocycles. The summed E-state index contributed by atoms with van der Waals surface area (Å²) in [6, 6.07) is 3.65. The van der Waals surface area contributed by atoms with E-state index in [2.05, 4.69) is 10.3 Å². The molecule has 3 heteroatoms. The van der Waals surface area contributed by atoms with Gasteiger partial charge >= 0.3 is 0 Å². The van der Waals surface area contributed by atoms with E-state index in [1.807, 2.05) is 19.1 Å². The summed E-state index contributed by atoms with van der Waals surface area (Å²) in [7, 11) is 0. The molecule has 0 spiro atoms. The number of hydrogen-bond donors (Lipinski definition) is 2. The van der Waals surface area contributed by atoms with Gasteiger partial charge in [0.2, 0.25) is 5.91 Å². The van der Waals surface area contributed by atoms with E-state index < -0.39 is 0 Å². The minimum absolute atomic E-state index is 0.0300. The van der Waals surface area contributed by atoms with Crippen molar-refractivity contribution in [2.24, 2.45) is 0 Å². The van der Waals surface area contributed by atoms with Gasteiger partial charge in [0.15, 0.2) is 0 Å². The Balaban J connectivity index is 2.48. The van der Waals surface area contributed by atoms with E-state index in [0.29, 0.717) is 6.42 Å². The topological polar surface area (TPSA) is 44.9 Å². The van der Waals surface area contributed by atoms with Gasteiger partial charge in [0, 0.05) is 12.6 Å². The molecule has 2 N–H and O–H groups in total. The molecule has 0 aliphatic carbocycles. The molecular formula is C7H10N2O. The van der Waals surface area contributed by atoms with Crippen LogP contribution in [-0.4, -0.2) is 10.9 Å². The van der Waals surface area contributed by atoms with Crippen LogP contribution in [0.4, 0.5) is 5.82 Å². The van der Waals surface area contributed by atoms with Crippen molar-refractivity contribution in [3.05, 3.63) is 18.3 Å². The molecule has 1 rings (SSSR count). The van der Waals surface area contributed by atoms with Gasteiger partial charge in [-0.25, -0.2) is 0 Å². The van der Waals surface area contributed by atoms with Crippen LogP contribution in [0.3, 0.4) is 0 Å². The molecule has 0 radical (unpaired) electrons. The number of H-pyrrole nitrogens is 1. The number of aromatic amines is 1.